The average molecular weight is 502 g/mol. The zero-order valence-electron chi connectivity index (χ0n) is 18.3. The number of cyclic esters (lactones) is 1. The number of sulfonamides is 1. The van der Waals surface area contributed by atoms with E-state index in [9.17, 15) is 22.0 Å². The zero-order valence-corrected chi connectivity index (χ0v) is 19.9. The molecule has 2 saturated heterocycles. The van der Waals surface area contributed by atoms with E-state index in [0.29, 0.717) is 11.5 Å². The van der Waals surface area contributed by atoms with Crippen LogP contribution in [0.3, 0.4) is 0 Å². The Morgan fingerprint density at radius 3 is 2.42 bits per heavy atom. The predicted molar refractivity (Wildman–Crippen MR) is 123 cm³/mol. The van der Waals surface area contributed by atoms with E-state index in [4.69, 9.17) is 22.2 Å². The second-order valence-corrected chi connectivity index (χ2v) is 10.5. The van der Waals surface area contributed by atoms with Crippen LogP contribution in [-0.2, 0) is 14.8 Å². The molecular formula is C20H25F2N5O4S2. The van der Waals surface area contributed by atoms with Crippen molar-refractivity contribution in [2.24, 2.45) is 5.92 Å². The van der Waals surface area contributed by atoms with Crippen LogP contribution in [-0.4, -0.2) is 74.9 Å². The zero-order chi connectivity index (χ0) is 24.3. The lowest BCUT2D eigenvalue weighted by Gasteiger charge is -2.35. The minimum Gasteiger partial charge on any atom is -0.442 e. The van der Waals surface area contributed by atoms with E-state index in [0.717, 1.165) is 21.3 Å². The third-order valence-corrected chi connectivity index (χ3v) is 7.67. The summed E-state index contributed by atoms with van der Waals surface area (Å²) in [7, 11) is -3.72. The predicted octanol–water partition coefficient (Wildman–Crippen LogP) is 1.84. The summed E-state index contributed by atoms with van der Waals surface area (Å²) in [6.07, 6.45) is -1.23. The molecule has 2 aliphatic heterocycles. The van der Waals surface area contributed by atoms with Gasteiger partial charge in [0.2, 0.25) is 10.0 Å². The number of halogens is 2. The first kappa shape index (κ1) is 25.1. The quantitative estimate of drug-likeness (QED) is 0.565. The van der Waals surface area contributed by atoms with Crippen molar-refractivity contribution >= 4 is 44.7 Å². The molecule has 2 aliphatic rings. The molecule has 1 atom stereocenters. The van der Waals surface area contributed by atoms with Crippen molar-refractivity contribution in [2.75, 3.05) is 54.8 Å². The van der Waals surface area contributed by atoms with Crippen LogP contribution in [0.5, 0.6) is 0 Å². The van der Waals surface area contributed by atoms with Gasteiger partial charge >= 0.3 is 6.09 Å². The molecule has 3 rings (SSSR count). The molecule has 1 aromatic carbocycles. The largest absolute Gasteiger partial charge is 0.442 e. The van der Waals surface area contributed by atoms with Gasteiger partial charge in [-0.25, -0.2) is 22.0 Å². The fourth-order valence-electron chi connectivity index (χ4n) is 3.63. The normalized spacial score (nSPS) is 19.5. The molecule has 2 fully saturated rings. The number of carbonyl (C=O) groups is 1. The molecule has 0 aromatic heterocycles. The maximum atomic E-state index is 14.9. The number of anilines is 2. The van der Waals surface area contributed by atoms with Gasteiger partial charge in [-0.1, -0.05) is 26.1 Å². The summed E-state index contributed by atoms with van der Waals surface area (Å²) in [4.78, 5) is 15.5. The second-order valence-electron chi connectivity index (χ2n) is 8.07. The number of nitrogens with one attached hydrogen (secondary N) is 1. The van der Waals surface area contributed by atoms with Crippen molar-refractivity contribution in [3.8, 4) is 6.07 Å². The van der Waals surface area contributed by atoms with Crippen LogP contribution in [0.2, 0.25) is 0 Å². The highest BCUT2D eigenvalue weighted by Gasteiger charge is 2.34. The van der Waals surface area contributed by atoms with Crippen LogP contribution in [0, 0.1) is 28.9 Å². The van der Waals surface area contributed by atoms with Gasteiger partial charge in [-0.3, -0.25) is 4.90 Å². The van der Waals surface area contributed by atoms with E-state index < -0.39 is 39.6 Å². The molecule has 0 radical (unpaired) electrons. The first-order valence-electron chi connectivity index (χ1n) is 10.4. The molecule has 0 bridgehead atoms. The molecule has 180 valence electrons. The van der Waals surface area contributed by atoms with E-state index in [1.165, 1.54) is 4.90 Å². The van der Waals surface area contributed by atoms with Crippen LogP contribution < -0.4 is 15.1 Å². The Labute approximate surface area is 196 Å². The van der Waals surface area contributed by atoms with Crippen molar-refractivity contribution in [3.05, 3.63) is 23.8 Å². The molecule has 33 heavy (non-hydrogen) atoms. The fraction of sp³-hybridized carbons (Fsp3) is 0.550. The molecule has 0 unspecified atom stereocenters. The van der Waals surface area contributed by atoms with E-state index in [-0.39, 0.29) is 50.0 Å². The lowest BCUT2D eigenvalue weighted by atomic mass is 10.2. The Kier molecular flexibility index (Phi) is 7.71. The van der Waals surface area contributed by atoms with Crippen molar-refractivity contribution in [3.63, 3.8) is 0 Å². The van der Waals surface area contributed by atoms with Crippen LogP contribution in [0.1, 0.15) is 13.8 Å². The summed E-state index contributed by atoms with van der Waals surface area (Å²) < 4.78 is 60.2. The van der Waals surface area contributed by atoms with Crippen molar-refractivity contribution in [1.82, 2.24) is 9.62 Å². The number of nitriles is 1. The first-order valence-corrected chi connectivity index (χ1v) is 12.4. The van der Waals surface area contributed by atoms with Gasteiger partial charge < -0.3 is 15.0 Å². The molecule has 2 heterocycles. The van der Waals surface area contributed by atoms with Crippen molar-refractivity contribution < 1.29 is 26.7 Å². The van der Waals surface area contributed by atoms with Gasteiger partial charge in [0.25, 0.3) is 0 Å². The van der Waals surface area contributed by atoms with Gasteiger partial charge in [0.05, 0.1) is 29.8 Å². The molecule has 1 aromatic rings. The van der Waals surface area contributed by atoms with Gasteiger partial charge in [-0.2, -0.15) is 9.57 Å². The molecule has 0 spiro atoms. The van der Waals surface area contributed by atoms with Crippen molar-refractivity contribution in [1.29, 1.82) is 5.26 Å². The maximum absolute atomic E-state index is 14.9. The van der Waals surface area contributed by atoms with E-state index in [1.807, 2.05) is 13.8 Å². The highest BCUT2D eigenvalue weighted by Crippen LogP contribution is 2.31. The number of carbonyl (C=O) groups excluding carboxylic acids is 1. The Morgan fingerprint density at radius 1 is 1.27 bits per heavy atom. The van der Waals surface area contributed by atoms with Crippen LogP contribution in [0.15, 0.2) is 12.1 Å². The molecule has 0 saturated carbocycles. The monoisotopic (exact) mass is 501 g/mol. The smallest absolute Gasteiger partial charge is 0.414 e. The highest BCUT2D eigenvalue weighted by atomic mass is 32.2. The number of piperazine rings is 1. The molecular weight excluding hydrogens is 476 g/mol. The van der Waals surface area contributed by atoms with Crippen LogP contribution in [0.4, 0.5) is 25.0 Å². The van der Waals surface area contributed by atoms with Gasteiger partial charge in [0.15, 0.2) is 17.4 Å². The van der Waals surface area contributed by atoms with Gasteiger partial charge in [-0.05, 0) is 0 Å². The Morgan fingerprint density at radius 2 is 1.88 bits per heavy atom. The number of hydrogen-bond acceptors (Lipinski definition) is 7. The number of benzene rings is 1. The molecule has 0 aliphatic carbocycles. The summed E-state index contributed by atoms with van der Waals surface area (Å²) in [5, 5.41) is 11.7. The minimum atomic E-state index is -3.72. The number of thiocarbonyl (C=S) groups is 1. The summed E-state index contributed by atoms with van der Waals surface area (Å²) in [6, 6.07) is 3.73. The summed E-state index contributed by atoms with van der Waals surface area (Å²) in [5.74, 6) is -2.24. The summed E-state index contributed by atoms with van der Waals surface area (Å²) in [6.45, 7) is 4.41. The molecule has 1 amide bonds. The molecule has 13 heteroatoms. The highest BCUT2D eigenvalue weighted by molar-refractivity contribution is 7.89. The van der Waals surface area contributed by atoms with E-state index in [1.54, 1.807) is 6.07 Å². The van der Waals surface area contributed by atoms with Crippen LogP contribution in [0.25, 0.3) is 0 Å². The number of nitrogens with zero attached hydrogens (tertiary/aromatic N) is 4. The summed E-state index contributed by atoms with van der Waals surface area (Å²) in [5.41, 5.74) is -0.257. The second kappa shape index (κ2) is 10.1. The molecule has 1 N–H and O–H groups in total. The summed E-state index contributed by atoms with van der Waals surface area (Å²) >= 11 is 5.20. The fourth-order valence-corrected chi connectivity index (χ4v) is 4.78. The number of amides is 1. The third-order valence-electron chi connectivity index (χ3n) is 5.41. The number of hydrogen-bond donors (Lipinski definition) is 1. The van der Waals surface area contributed by atoms with Gasteiger partial charge in [0.1, 0.15) is 11.8 Å². The standard InChI is InChI=1S/C20H25F2N5O4S2/c1-13(2)19(32)24-11-15-12-27(20(28)31-15)14-9-16(21)18(17(22)10-14)25-4-6-26(7-5-25)33(29,30)8-3-23/h9-10,13,15H,4-8,11-12H2,1-2H3,(H,24,32)/t15-/m0/s1. The Balaban J connectivity index is 1.68. The third kappa shape index (κ3) is 5.69. The van der Waals surface area contributed by atoms with Gasteiger partial charge in [-0.15, -0.1) is 0 Å². The van der Waals surface area contributed by atoms with Crippen molar-refractivity contribution in [2.45, 2.75) is 20.0 Å². The SMILES string of the molecule is CC(C)C(=S)NC[C@H]1CN(c2cc(F)c(N3CCN(S(=O)(=O)CC#N)CC3)c(F)c2)C(=O)O1. The van der Waals surface area contributed by atoms with Gasteiger partial charge in [0, 0.05) is 44.2 Å². The van der Waals surface area contributed by atoms with Crippen LogP contribution >= 0.6 is 12.2 Å². The Hall–Kier alpha value is -2.56. The lowest BCUT2D eigenvalue weighted by molar-refractivity contribution is 0.143. The maximum Gasteiger partial charge on any atom is 0.414 e. The number of rotatable bonds is 7. The van der Waals surface area contributed by atoms with E-state index in [2.05, 4.69) is 5.32 Å². The minimum absolute atomic E-state index is 0.00994. The average Bonchev–Trinajstić information content (AvgIpc) is 3.12. The first-order chi connectivity index (χ1) is 15.5. The molecule has 9 nitrogen and oxygen atoms in total. The number of ether oxygens (including phenoxy) is 1. The van der Waals surface area contributed by atoms with E-state index >= 15 is 0 Å². The topological polar surface area (TPSA) is 106 Å². The Bertz CT molecular complexity index is 1050. The lowest BCUT2D eigenvalue weighted by Crippen LogP contribution is -2.49.